The van der Waals surface area contributed by atoms with Gasteiger partial charge in [-0.15, -0.1) is 0 Å². The summed E-state index contributed by atoms with van der Waals surface area (Å²) in [6, 6.07) is 6.81. The van der Waals surface area contributed by atoms with E-state index in [1.165, 1.54) is 0 Å². The number of hydrogen-bond donors (Lipinski definition) is 1. The summed E-state index contributed by atoms with van der Waals surface area (Å²) >= 11 is 0. The average Bonchev–Trinajstić information content (AvgIpc) is 2.17. The van der Waals surface area contributed by atoms with Gasteiger partial charge >= 0.3 is 5.97 Å². The van der Waals surface area contributed by atoms with Gasteiger partial charge in [-0.1, -0.05) is 38.1 Å². The third-order valence-electron chi connectivity index (χ3n) is 2.55. The van der Waals surface area contributed by atoms with Crippen LogP contribution < -0.4 is 0 Å². The van der Waals surface area contributed by atoms with Crippen molar-refractivity contribution in [2.45, 2.75) is 32.9 Å². The maximum Gasteiger partial charge on any atom is 0.345 e. The van der Waals surface area contributed by atoms with Crippen molar-refractivity contribution in [3.63, 3.8) is 0 Å². The Balaban J connectivity index is 3.17. The molecule has 1 aromatic carbocycles. The molecule has 1 unspecified atom stereocenters. The van der Waals surface area contributed by atoms with Crippen molar-refractivity contribution < 1.29 is 14.3 Å². The molecule has 0 aliphatic carbocycles. The maximum atomic E-state index is 14.1. The van der Waals surface area contributed by atoms with Gasteiger partial charge in [-0.25, -0.2) is 9.18 Å². The number of carboxylic acids is 1. The van der Waals surface area contributed by atoms with Crippen LogP contribution in [0, 0.1) is 5.92 Å². The maximum absolute atomic E-state index is 14.1. The van der Waals surface area contributed by atoms with Gasteiger partial charge in [0.1, 0.15) is 0 Å². The lowest BCUT2D eigenvalue weighted by Crippen LogP contribution is -2.28. The van der Waals surface area contributed by atoms with Crippen LogP contribution in [-0.4, -0.2) is 11.1 Å². The summed E-state index contributed by atoms with van der Waals surface area (Å²) in [6.45, 7) is 5.13. The second-order valence-electron chi connectivity index (χ2n) is 4.56. The Hall–Kier alpha value is -1.38. The highest BCUT2D eigenvalue weighted by Gasteiger charge is 2.36. The molecule has 0 saturated carbocycles. The first-order chi connectivity index (χ1) is 7.35. The summed E-state index contributed by atoms with van der Waals surface area (Å²) < 4.78 is 14.1. The van der Waals surface area contributed by atoms with E-state index in [1.807, 2.05) is 13.8 Å². The molecule has 0 fully saturated rings. The normalized spacial score (nSPS) is 14.8. The number of hydrogen-bond acceptors (Lipinski definition) is 1. The van der Waals surface area contributed by atoms with Crippen molar-refractivity contribution >= 4 is 5.97 Å². The number of halogens is 1. The molecule has 0 aliphatic heterocycles. The first-order valence-electron chi connectivity index (χ1n) is 5.36. The molecule has 0 radical (unpaired) electrons. The molecular formula is C13H17FO2. The topological polar surface area (TPSA) is 37.3 Å². The molecule has 88 valence electrons. The molecule has 16 heavy (non-hydrogen) atoms. The quantitative estimate of drug-likeness (QED) is 0.853. The molecular weight excluding hydrogens is 207 g/mol. The Labute approximate surface area is 95.1 Å². The highest BCUT2D eigenvalue weighted by atomic mass is 19.1. The van der Waals surface area contributed by atoms with Crippen LogP contribution in [0.25, 0.3) is 0 Å². The lowest BCUT2D eigenvalue weighted by atomic mass is 9.89. The molecule has 0 saturated heterocycles. The zero-order valence-corrected chi connectivity index (χ0v) is 9.83. The standard InChI is InChI=1S/C13H17FO2/c1-9(2)8-10-6-4-5-7-11(10)13(3,14)12(15)16/h4-7,9H,8H2,1-3H3,(H,15,16). The van der Waals surface area contributed by atoms with E-state index in [4.69, 9.17) is 5.11 Å². The first kappa shape index (κ1) is 12.7. The van der Waals surface area contributed by atoms with Gasteiger partial charge in [-0.2, -0.15) is 0 Å². The Morgan fingerprint density at radius 2 is 2.00 bits per heavy atom. The smallest absolute Gasteiger partial charge is 0.345 e. The van der Waals surface area contributed by atoms with E-state index in [2.05, 4.69) is 0 Å². The minimum Gasteiger partial charge on any atom is -0.479 e. The van der Waals surface area contributed by atoms with E-state index in [-0.39, 0.29) is 5.56 Å². The summed E-state index contributed by atoms with van der Waals surface area (Å²) in [5.74, 6) is -1.07. The van der Waals surface area contributed by atoms with E-state index < -0.39 is 11.6 Å². The number of alkyl halides is 1. The predicted molar refractivity (Wildman–Crippen MR) is 61.1 cm³/mol. The summed E-state index contributed by atoms with van der Waals surface area (Å²) in [5, 5.41) is 8.88. The number of rotatable bonds is 4. The lowest BCUT2D eigenvalue weighted by Gasteiger charge is -2.20. The molecule has 3 heteroatoms. The van der Waals surface area contributed by atoms with Crippen molar-refractivity contribution in [2.24, 2.45) is 5.92 Å². The Morgan fingerprint density at radius 3 is 2.50 bits per heavy atom. The van der Waals surface area contributed by atoms with Crippen LogP contribution in [0.5, 0.6) is 0 Å². The Kier molecular flexibility index (Phi) is 3.68. The number of aliphatic carboxylic acids is 1. The monoisotopic (exact) mass is 224 g/mol. The number of carboxylic acid groups (broad SMARTS) is 1. The van der Waals surface area contributed by atoms with E-state index in [0.29, 0.717) is 12.3 Å². The van der Waals surface area contributed by atoms with Gasteiger partial charge < -0.3 is 5.11 Å². The Bertz CT molecular complexity index is 383. The molecule has 0 spiro atoms. The minimum atomic E-state index is -2.31. The zero-order valence-electron chi connectivity index (χ0n) is 9.83. The van der Waals surface area contributed by atoms with Gasteiger partial charge in [0.25, 0.3) is 0 Å². The van der Waals surface area contributed by atoms with Gasteiger partial charge in [0.2, 0.25) is 5.67 Å². The molecule has 1 N–H and O–H groups in total. The van der Waals surface area contributed by atoms with E-state index in [1.54, 1.807) is 24.3 Å². The average molecular weight is 224 g/mol. The first-order valence-corrected chi connectivity index (χ1v) is 5.36. The van der Waals surface area contributed by atoms with Gasteiger partial charge in [-0.05, 0) is 24.8 Å². The third kappa shape index (κ3) is 2.60. The van der Waals surface area contributed by atoms with Crippen LogP contribution in [0.2, 0.25) is 0 Å². The lowest BCUT2D eigenvalue weighted by molar-refractivity contribution is -0.150. The fraction of sp³-hybridized carbons (Fsp3) is 0.462. The van der Waals surface area contributed by atoms with Crippen LogP contribution in [0.4, 0.5) is 4.39 Å². The van der Waals surface area contributed by atoms with Crippen LogP contribution in [0.1, 0.15) is 31.9 Å². The fourth-order valence-electron chi connectivity index (χ4n) is 1.71. The molecule has 0 aromatic heterocycles. The van der Waals surface area contributed by atoms with Gasteiger partial charge in [0, 0.05) is 5.56 Å². The highest BCUT2D eigenvalue weighted by Crippen LogP contribution is 2.30. The second-order valence-corrected chi connectivity index (χ2v) is 4.56. The molecule has 0 amide bonds. The fourth-order valence-corrected chi connectivity index (χ4v) is 1.71. The molecule has 1 atom stereocenters. The van der Waals surface area contributed by atoms with Gasteiger partial charge in [0.15, 0.2) is 0 Å². The SMILES string of the molecule is CC(C)Cc1ccccc1C(C)(F)C(=O)O. The third-order valence-corrected chi connectivity index (χ3v) is 2.55. The van der Waals surface area contributed by atoms with Crippen LogP contribution in [0.15, 0.2) is 24.3 Å². The zero-order chi connectivity index (χ0) is 12.3. The van der Waals surface area contributed by atoms with Crippen molar-refractivity contribution in [3.8, 4) is 0 Å². The van der Waals surface area contributed by atoms with Gasteiger partial charge in [-0.3, -0.25) is 0 Å². The summed E-state index contributed by atoms with van der Waals surface area (Å²) in [4.78, 5) is 10.9. The van der Waals surface area contributed by atoms with E-state index >= 15 is 0 Å². The Morgan fingerprint density at radius 1 is 1.44 bits per heavy atom. The van der Waals surface area contributed by atoms with Crippen molar-refractivity contribution in [1.82, 2.24) is 0 Å². The number of benzene rings is 1. The van der Waals surface area contributed by atoms with E-state index in [0.717, 1.165) is 12.5 Å². The van der Waals surface area contributed by atoms with Crippen LogP contribution in [-0.2, 0) is 16.9 Å². The molecule has 0 aliphatic rings. The van der Waals surface area contributed by atoms with Crippen LogP contribution >= 0.6 is 0 Å². The van der Waals surface area contributed by atoms with Crippen molar-refractivity contribution in [1.29, 1.82) is 0 Å². The largest absolute Gasteiger partial charge is 0.479 e. The molecule has 1 aromatic rings. The van der Waals surface area contributed by atoms with E-state index in [9.17, 15) is 9.18 Å². The highest BCUT2D eigenvalue weighted by molar-refractivity contribution is 5.79. The summed E-state index contributed by atoms with van der Waals surface area (Å²) in [5.41, 5.74) is -1.29. The predicted octanol–water partition coefficient (Wildman–Crippen LogP) is 3.15. The van der Waals surface area contributed by atoms with Gasteiger partial charge in [0.05, 0.1) is 0 Å². The molecule has 2 nitrogen and oxygen atoms in total. The summed E-state index contributed by atoms with van der Waals surface area (Å²) in [6.07, 6.45) is 0.683. The molecule has 0 heterocycles. The second kappa shape index (κ2) is 4.64. The summed E-state index contributed by atoms with van der Waals surface area (Å²) in [7, 11) is 0. The molecule has 0 bridgehead atoms. The van der Waals surface area contributed by atoms with Crippen LogP contribution in [0.3, 0.4) is 0 Å². The minimum absolute atomic E-state index is 0.260. The van der Waals surface area contributed by atoms with Crippen molar-refractivity contribution in [3.05, 3.63) is 35.4 Å². The van der Waals surface area contributed by atoms with Crippen molar-refractivity contribution in [2.75, 3.05) is 0 Å². The molecule has 1 rings (SSSR count). The number of carbonyl (C=O) groups is 1.